The summed E-state index contributed by atoms with van der Waals surface area (Å²) in [6.07, 6.45) is -4.42. The zero-order valence-electron chi connectivity index (χ0n) is 12.1. The number of alkyl halides is 3. The lowest BCUT2D eigenvalue weighted by Gasteiger charge is -2.32. The minimum absolute atomic E-state index is 0.243. The Bertz CT molecular complexity index is 468. The van der Waals surface area contributed by atoms with E-state index in [1.807, 2.05) is 0 Å². The highest BCUT2D eigenvalue weighted by molar-refractivity contribution is 5.58. The van der Waals surface area contributed by atoms with E-state index in [0.717, 1.165) is 38.8 Å². The lowest BCUT2D eigenvalue weighted by Crippen LogP contribution is -2.45. The number of nitrogens with zero attached hydrogens (tertiary/aromatic N) is 2. The van der Waals surface area contributed by atoms with E-state index >= 15 is 0 Å². The van der Waals surface area contributed by atoms with Gasteiger partial charge in [0.15, 0.2) is 0 Å². The first-order valence-electron chi connectivity index (χ1n) is 6.98. The van der Waals surface area contributed by atoms with Crippen LogP contribution in [0, 0.1) is 0 Å². The molecular formula is C14H21F3N4. The number of hydrogen-bond acceptors (Lipinski definition) is 4. The van der Waals surface area contributed by atoms with Crippen molar-refractivity contribution < 1.29 is 13.2 Å². The summed E-state index contributed by atoms with van der Waals surface area (Å²) in [5.41, 5.74) is 4.79. The van der Waals surface area contributed by atoms with E-state index in [2.05, 4.69) is 22.2 Å². The van der Waals surface area contributed by atoms with Gasteiger partial charge in [-0.15, -0.1) is 0 Å². The number of nitrogens with two attached hydrogens (primary N) is 1. The maximum atomic E-state index is 12.8. The molecule has 0 atom stereocenters. The van der Waals surface area contributed by atoms with Crippen LogP contribution < -0.4 is 11.1 Å². The van der Waals surface area contributed by atoms with Gasteiger partial charge in [-0.05, 0) is 25.2 Å². The van der Waals surface area contributed by atoms with Gasteiger partial charge in [0.1, 0.15) is 0 Å². The van der Waals surface area contributed by atoms with Crippen LogP contribution in [-0.4, -0.2) is 56.1 Å². The third-order valence-corrected chi connectivity index (χ3v) is 3.71. The number of rotatable bonds is 4. The van der Waals surface area contributed by atoms with Crippen LogP contribution in [0.4, 0.5) is 24.5 Å². The molecule has 0 bridgehead atoms. The van der Waals surface area contributed by atoms with Gasteiger partial charge in [0.25, 0.3) is 0 Å². The smallest absolute Gasteiger partial charge is 0.398 e. The third-order valence-electron chi connectivity index (χ3n) is 3.71. The van der Waals surface area contributed by atoms with Crippen LogP contribution >= 0.6 is 0 Å². The minimum Gasteiger partial charge on any atom is -0.398 e. The van der Waals surface area contributed by atoms with Gasteiger partial charge < -0.3 is 16.0 Å². The molecule has 1 aromatic carbocycles. The van der Waals surface area contributed by atoms with Crippen LogP contribution in [0.15, 0.2) is 18.2 Å². The second-order valence-corrected chi connectivity index (χ2v) is 5.37. The molecular weight excluding hydrogens is 281 g/mol. The maximum absolute atomic E-state index is 12.8. The van der Waals surface area contributed by atoms with Crippen molar-refractivity contribution in [2.45, 2.75) is 6.18 Å². The van der Waals surface area contributed by atoms with E-state index in [1.165, 1.54) is 6.07 Å². The molecule has 1 heterocycles. The Labute approximate surface area is 122 Å². The van der Waals surface area contributed by atoms with Crippen molar-refractivity contribution >= 4 is 11.4 Å². The summed E-state index contributed by atoms with van der Waals surface area (Å²) in [6.45, 7) is 5.48. The molecule has 0 spiro atoms. The molecule has 0 aromatic heterocycles. The number of nitrogen functional groups attached to an aromatic ring is 1. The Balaban J connectivity index is 1.86. The molecule has 1 aliphatic heterocycles. The normalized spacial score (nSPS) is 17.9. The Hall–Kier alpha value is -1.47. The second-order valence-electron chi connectivity index (χ2n) is 5.37. The Morgan fingerprint density at radius 3 is 2.48 bits per heavy atom. The molecule has 1 saturated heterocycles. The lowest BCUT2D eigenvalue weighted by molar-refractivity contribution is -0.136. The molecule has 0 radical (unpaired) electrons. The van der Waals surface area contributed by atoms with Crippen molar-refractivity contribution in [3.05, 3.63) is 23.8 Å². The monoisotopic (exact) mass is 302 g/mol. The Morgan fingerprint density at radius 1 is 1.19 bits per heavy atom. The Kier molecular flexibility index (Phi) is 4.95. The number of halogens is 3. The quantitative estimate of drug-likeness (QED) is 0.835. The molecule has 7 heteroatoms. The fourth-order valence-electron chi connectivity index (χ4n) is 2.34. The van der Waals surface area contributed by atoms with Crippen LogP contribution in [0.2, 0.25) is 0 Å². The van der Waals surface area contributed by atoms with Gasteiger partial charge in [-0.3, -0.25) is 4.90 Å². The lowest BCUT2D eigenvalue weighted by atomic mass is 10.1. The van der Waals surface area contributed by atoms with Gasteiger partial charge in [0.05, 0.1) is 5.56 Å². The van der Waals surface area contributed by atoms with Gasteiger partial charge in [-0.25, -0.2) is 0 Å². The van der Waals surface area contributed by atoms with Crippen LogP contribution in [0.25, 0.3) is 0 Å². The number of hydrogen-bond donors (Lipinski definition) is 2. The maximum Gasteiger partial charge on any atom is 0.418 e. The molecule has 1 aromatic rings. The van der Waals surface area contributed by atoms with Crippen LogP contribution in [0.5, 0.6) is 0 Å². The van der Waals surface area contributed by atoms with Crippen molar-refractivity contribution in [3.63, 3.8) is 0 Å². The van der Waals surface area contributed by atoms with E-state index in [4.69, 9.17) is 5.73 Å². The summed E-state index contributed by atoms with van der Waals surface area (Å²) in [4.78, 5) is 4.56. The van der Waals surface area contributed by atoms with Crippen molar-refractivity contribution in [3.8, 4) is 0 Å². The molecule has 1 aliphatic rings. The first kappa shape index (κ1) is 15.9. The average molecular weight is 302 g/mol. The third kappa shape index (κ3) is 4.50. The predicted molar refractivity (Wildman–Crippen MR) is 78.3 cm³/mol. The molecule has 0 amide bonds. The molecule has 0 saturated carbocycles. The number of piperazine rings is 1. The van der Waals surface area contributed by atoms with Gasteiger partial charge in [0.2, 0.25) is 0 Å². The molecule has 4 nitrogen and oxygen atoms in total. The largest absolute Gasteiger partial charge is 0.418 e. The summed E-state index contributed by atoms with van der Waals surface area (Å²) in [7, 11) is 2.09. The standard InChI is InChI=1S/C14H21F3N4/c1-20-6-8-21(9-7-20)5-4-19-11-2-3-13(18)12(10-11)14(15,16)17/h2-3,10,19H,4-9,18H2,1H3. The van der Waals surface area contributed by atoms with Crippen molar-refractivity contribution in [1.29, 1.82) is 0 Å². The molecule has 21 heavy (non-hydrogen) atoms. The van der Waals surface area contributed by atoms with Crippen LogP contribution in [-0.2, 0) is 6.18 Å². The SMILES string of the molecule is CN1CCN(CCNc2ccc(N)c(C(F)(F)F)c2)CC1. The summed E-state index contributed by atoms with van der Waals surface area (Å²) in [5, 5.41) is 3.03. The van der Waals surface area contributed by atoms with E-state index in [-0.39, 0.29) is 5.69 Å². The topological polar surface area (TPSA) is 44.5 Å². The summed E-state index contributed by atoms with van der Waals surface area (Å²) >= 11 is 0. The molecule has 3 N–H and O–H groups in total. The van der Waals surface area contributed by atoms with E-state index in [9.17, 15) is 13.2 Å². The molecule has 0 unspecified atom stereocenters. The van der Waals surface area contributed by atoms with E-state index in [0.29, 0.717) is 12.2 Å². The van der Waals surface area contributed by atoms with Gasteiger partial charge in [-0.1, -0.05) is 0 Å². The van der Waals surface area contributed by atoms with Crippen LogP contribution in [0.3, 0.4) is 0 Å². The van der Waals surface area contributed by atoms with Gasteiger partial charge in [0, 0.05) is 50.6 Å². The fourth-order valence-corrected chi connectivity index (χ4v) is 2.34. The van der Waals surface area contributed by atoms with Gasteiger partial charge >= 0.3 is 6.18 Å². The summed E-state index contributed by atoms with van der Waals surface area (Å²) in [6, 6.07) is 3.94. The van der Waals surface area contributed by atoms with Crippen molar-refractivity contribution in [1.82, 2.24) is 9.80 Å². The zero-order chi connectivity index (χ0) is 15.5. The first-order valence-corrected chi connectivity index (χ1v) is 6.98. The molecule has 0 aliphatic carbocycles. The minimum atomic E-state index is -4.42. The molecule has 2 rings (SSSR count). The van der Waals surface area contributed by atoms with E-state index < -0.39 is 11.7 Å². The first-order chi connectivity index (χ1) is 9.86. The van der Waals surface area contributed by atoms with Crippen LogP contribution in [0.1, 0.15) is 5.56 Å². The number of anilines is 2. The fraction of sp³-hybridized carbons (Fsp3) is 0.571. The molecule has 118 valence electrons. The predicted octanol–water partition coefficient (Wildman–Crippen LogP) is 1.95. The summed E-state index contributed by atoms with van der Waals surface area (Å²) < 4.78 is 38.3. The number of likely N-dealkylation sites (N-methyl/N-ethyl adjacent to an activating group) is 1. The summed E-state index contributed by atoms with van der Waals surface area (Å²) in [5.74, 6) is 0. The van der Waals surface area contributed by atoms with E-state index in [1.54, 1.807) is 6.07 Å². The number of nitrogens with one attached hydrogen (secondary N) is 1. The highest BCUT2D eigenvalue weighted by Crippen LogP contribution is 2.35. The average Bonchev–Trinajstić information content (AvgIpc) is 2.41. The van der Waals surface area contributed by atoms with Crippen molar-refractivity contribution in [2.75, 3.05) is 57.4 Å². The van der Waals surface area contributed by atoms with Crippen molar-refractivity contribution in [2.24, 2.45) is 0 Å². The Morgan fingerprint density at radius 2 is 1.86 bits per heavy atom. The number of benzene rings is 1. The zero-order valence-corrected chi connectivity index (χ0v) is 12.1. The van der Waals surface area contributed by atoms with Gasteiger partial charge in [-0.2, -0.15) is 13.2 Å². The highest BCUT2D eigenvalue weighted by atomic mass is 19.4. The second kappa shape index (κ2) is 6.53. The molecule has 1 fully saturated rings. The highest BCUT2D eigenvalue weighted by Gasteiger charge is 2.33.